The fourth-order valence-corrected chi connectivity index (χ4v) is 5.34. The molecule has 5 nitrogen and oxygen atoms in total. The molecule has 3 aromatic rings. The minimum atomic E-state index is 0.681. The van der Waals surface area contributed by atoms with Gasteiger partial charge in [-0.2, -0.15) is 0 Å². The Labute approximate surface area is 163 Å². The maximum Gasteiger partial charge on any atom is 0.147 e. The molecule has 138 valence electrons. The lowest BCUT2D eigenvalue weighted by molar-refractivity contribution is 0.403. The Kier molecular flexibility index (Phi) is 4.38. The average molecular weight is 379 g/mol. The first kappa shape index (κ1) is 16.8. The Morgan fingerprint density at radius 2 is 1.63 bits per heavy atom. The molecule has 0 radical (unpaired) electrons. The van der Waals surface area contributed by atoms with Crippen LogP contribution in [0, 0.1) is 11.8 Å². The van der Waals surface area contributed by atoms with Gasteiger partial charge in [-0.15, -0.1) is 0 Å². The van der Waals surface area contributed by atoms with E-state index in [-0.39, 0.29) is 0 Å². The van der Waals surface area contributed by atoms with Crippen molar-refractivity contribution in [3.63, 3.8) is 0 Å². The standard InChI is InChI=1S/C21H22N4OS/c1-26-19-8-4-5-9-20(19)27-25-13-15-11-24(12-16(15)14-25)21-10-22-17-6-2-3-7-18(17)23-21/h2-10,15-16H,11-14H2,1H3. The summed E-state index contributed by atoms with van der Waals surface area (Å²) in [6.45, 7) is 4.32. The normalized spacial score (nSPS) is 22.3. The van der Waals surface area contributed by atoms with E-state index in [0.29, 0.717) is 11.8 Å². The van der Waals surface area contributed by atoms with Crippen molar-refractivity contribution in [2.45, 2.75) is 4.90 Å². The quantitative estimate of drug-likeness (QED) is 0.645. The molecule has 27 heavy (non-hydrogen) atoms. The van der Waals surface area contributed by atoms with Crippen molar-refractivity contribution in [1.29, 1.82) is 0 Å². The van der Waals surface area contributed by atoms with Gasteiger partial charge in [0.25, 0.3) is 0 Å². The molecule has 2 aliphatic heterocycles. The van der Waals surface area contributed by atoms with Gasteiger partial charge in [-0.25, -0.2) is 9.29 Å². The molecule has 0 bridgehead atoms. The van der Waals surface area contributed by atoms with Crippen molar-refractivity contribution in [1.82, 2.24) is 14.3 Å². The predicted molar refractivity (Wildman–Crippen MR) is 109 cm³/mol. The second kappa shape index (κ2) is 7.02. The number of nitrogens with zero attached hydrogens (tertiary/aromatic N) is 4. The van der Waals surface area contributed by atoms with Gasteiger partial charge in [-0.3, -0.25) is 4.98 Å². The predicted octanol–water partition coefficient (Wildman–Crippen LogP) is 3.71. The van der Waals surface area contributed by atoms with E-state index in [0.717, 1.165) is 48.8 Å². The summed E-state index contributed by atoms with van der Waals surface area (Å²) in [5.41, 5.74) is 1.93. The molecule has 1 aromatic heterocycles. The highest BCUT2D eigenvalue weighted by molar-refractivity contribution is 7.97. The molecule has 5 rings (SSSR count). The van der Waals surface area contributed by atoms with E-state index in [1.807, 2.05) is 54.5 Å². The Balaban J connectivity index is 1.26. The topological polar surface area (TPSA) is 41.5 Å². The van der Waals surface area contributed by atoms with Crippen LogP contribution in [0.2, 0.25) is 0 Å². The molecule has 2 saturated heterocycles. The van der Waals surface area contributed by atoms with Crippen LogP contribution in [-0.2, 0) is 0 Å². The van der Waals surface area contributed by atoms with Crippen LogP contribution in [0.5, 0.6) is 5.75 Å². The number of anilines is 1. The molecule has 2 atom stereocenters. The van der Waals surface area contributed by atoms with Gasteiger partial charge in [0.15, 0.2) is 0 Å². The zero-order chi connectivity index (χ0) is 18.2. The zero-order valence-electron chi connectivity index (χ0n) is 15.3. The molecule has 2 fully saturated rings. The summed E-state index contributed by atoms with van der Waals surface area (Å²) >= 11 is 1.82. The maximum atomic E-state index is 5.49. The molecule has 0 aliphatic carbocycles. The fourth-order valence-electron chi connectivity index (χ4n) is 4.14. The van der Waals surface area contributed by atoms with Gasteiger partial charge in [0.05, 0.1) is 29.2 Å². The van der Waals surface area contributed by atoms with Crippen LogP contribution in [0.1, 0.15) is 0 Å². The summed E-state index contributed by atoms with van der Waals surface area (Å²) in [6, 6.07) is 16.3. The third kappa shape index (κ3) is 3.24. The van der Waals surface area contributed by atoms with Gasteiger partial charge >= 0.3 is 0 Å². The second-order valence-electron chi connectivity index (χ2n) is 7.23. The minimum Gasteiger partial charge on any atom is -0.496 e. The molecule has 0 spiro atoms. The van der Waals surface area contributed by atoms with Gasteiger partial charge in [0.2, 0.25) is 0 Å². The van der Waals surface area contributed by atoms with Crippen molar-refractivity contribution < 1.29 is 4.74 Å². The highest BCUT2D eigenvalue weighted by Crippen LogP contribution is 2.40. The number of hydrogen-bond donors (Lipinski definition) is 0. The van der Waals surface area contributed by atoms with Crippen LogP contribution < -0.4 is 9.64 Å². The number of para-hydroxylation sites is 3. The number of rotatable bonds is 4. The van der Waals surface area contributed by atoms with Crippen LogP contribution in [-0.4, -0.2) is 47.6 Å². The molecular formula is C21H22N4OS. The van der Waals surface area contributed by atoms with Crippen molar-refractivity contribution in [2.24, 2.45) is 11.8 Å². The van der Waals surface area contributed by atoms with Crippen LogP contribution in [0.15, 0.2) is 59.6 Å². The number of ether oxygens (including phenoxy) is 1. The molecule has 6 heteroatoms. The third-order valence-electron chi connectivity index (χ3n) is 5.51. The van der Waals surface area contributed by atoms with Crippen LogP contribution >= 0.6 is 11.9 Å². The van der Waals surface area contributed by atoms with Crippen molar-refractivity contribution >= 4 is 28.8 Å². The third-order valence-corrected chi connectivity index (χ3v) is 6.60. The van der Waals surface area contributed by atoms with Gasteiger partial charge in [0, 0.05) is 26.2 Å². The first-order valence-electron chi connectivity index (χ1n) is 9.33. The monoisotopic (exact) mass is 378 g/mol. The van der Waals surface area contributed by atoms with Gasteiger partial charge in [-0.05, 0) is 48.0 Å². The Morgan fingerprint density at radius 3 is 2.41 bits per heavy atom. The lowest BCUT2D eigenvalue weighted by Gasteiger charge is -2.22. The van der Waals surface area contributed by atoms with E-state index in [2.05, 4.69) is 26.3 Å². The van der Waals surface area contributed by atoms with Crippen molar-refractivity contribution in [3.05, 3.63) is 54.7 Å². The maximum absolute atomic E-state index is 5.49. The van der Waals surface area contributed by atoms with E-state index < -0.39 is 0 Å². The Bertz CT molecular complexity index is 952. The Hall–Kier alpha value is -2.31. The van der Waals surface area contributed by atoms with Crippen LogP contribution in [0.25, 0.3) is 11.0 Å². The zero-order valence-corrected chi connectivity index (χ0v) is 16.1. The lowest BCUT2D eigenvalue weighted by atomic mass is 10.0. The van der Waals surface area contributed by atoms with E-state index in [1.165, 1.54) is 4.90 Å². The summed E-state index contributed by atoms with van der Waals surface area (Å²) < 4.78 is 7.97. The number of fused-ring (bicyclic) bond motifs is 2. The molecular weight excluding hydrogens is 356 g/mol. The number of hydrogen-bond acceptors (Lipinski definition) is 6. The fraction of sp³-hybridized carbons (Fsp3) is 0.333. The molecule has 0 N–H and O–H groups in total. The molecule has 2 unspecified atom stereocenters. The number of benzene rings is 2. The van der Waals surface area contributed by atoms with Gasteiger partial charge in [0.1, 0.15) is 11.6 Å². The largest absolute Gasteiger partial charge is 0.496 e. The average Bonchev–Trinajstić information content (AvgIpc) is 3.27. The molecule has 2 aliphatic rings. The van der Waals surface area contributed by atoms with Gasteiger partial charge < -0.3 is 9.64 Å². The molecule has 0 amide bonds. The molecule has 2 aromatic carbocycles. The summed E-state index contributed by atoms with van der Waals surface area (Å²) in [6.07, 6.45) is 1.92. The highest BCUT2D eigenvalue weighted by atomic mass is 32.2. The van der Waals surface area contributed by atoms with Crippen LogP contribution in [0.4, 0.5) is 5.82 Å². The van der Waals surface area contributed by atoms with Crippen LogP contribution in [0.3, 0.4) is 0 Å². The Morgan fingerprint density at radius 1 is 0.926 bits per heavy atom. The van der Waals surface area contributed by atoms with E-state index >= 15 is 0 Å². The summed E-state index contributed by atoms with van der Waals surface area (Å²) in [7, 11) is 1.74. The van der Waals surface area contributed by atoms with Crippen molar-refractivity contribution in [3.8, 4) is 5.75 Å². The lowest BCUT2D eigenvalue weighted by Crippen LogP contribution is -2.26. The number of aromatic nitrogens is 2. The SMILES string of the molecule is COc1ccccc1SN1CC2CN(c3cnc4ccccc4n3)CC2C1. The smallest absolute Gasteiger partial charge is 0.147 e. The molecule has 3 heterocycles. The summed E-state index contributed by atoms with van der Waals surface area (Å²) in [5.74, 6) is 3.32. The minimum absolute atomic E-state index is 0.681. The highest BCUT2D eigenvalue weighted by Gasteiger charge is 2.41. The number of methoxy groups -OCH3 is 1. The van der Waals surface area contributed by atoms with E-state index in [4.69, 9.17) is 9.72 Å². The second-order valence-corrected chi connectivity index (χ2v) is 8.37. The van der Waals surface area contributed by atoms with E-state index in [9.17, 15) is 0 Å². The van der Waals surface area contributed by atoms with Gasteiger partial charge in [-0.1, -0.05) is 24.3 Å². The molecule has 0 saturated carbocycles. The first-order chi connectivity index (χ1) is 13.3. The first-order valence-corrected chi connectivity index (χ1v) is 10.1. The summed E-state index contributed by atoms with van der Waals surface area (Å²) in [4.78, 5) is 13.0. The van der Waals surface area contributed by atoms with E-state index in [1.54, 1.807) is 7.11 Å². The summed E-state index contributed by atoms with van der Waals surface area (Å²) in [5, 5.41) is 0. The van der Waals surface area contributed by atoms with Crippen molar-refractivity contribution in [2.75, 3.05) is 38.2 Å².